The first-order valence-electron chi connectivity index (χ1n) is 11.8. The van der Waals surface area contributed by atoms with Crippen molar-refractivity contribution in [1.29, 1.82) is 5.26 Å². The van der Waals surface area contributed by atoms with E-state index in [1.807, 2.05) is 26.0 Å². The van der Waals surface area contributed by atoms with Gasteiger partial charge in [-0.3, -0.25) is 9.69 Å². The van der Waals surface area contributed by atoms with Gasteiger partial charge in [0.25, 0.3) is 0 Å². The van der Waals surface area contributed by atoms with Crippen LogP contribution in [0.1, 0.15) is 49.7 Å². The van der Waals surface area contributed by atoms with Crippen LogP contribution >= 0.6 is 0 Å². The maximum absolute atomic E-state index is 11.7. The van der Waals surface area contributed by atoms with E-state index >= 15 is 0 Å². The number of nitrogens with one attached hydrogen (secondary N) is 1. The lowest BCUT2D eigenvalue weighted by atomic mass is 9.85. The molecule has 2 aliphatic rings. The smallest absolute Gasteiger partial charge is 0.225 e. The Labute approximate surface area is 201 Å². The Morgan fingerprint density at radius 1 is 1.26 bits per heavy atom. The molecule has 1 N–H and O–H groups in total. The van der Waals surface area contributed by atoms with Crippen LogP contribution in [0.15, 0.2) is 35.9 Å². The van der Waals surface area contributed by atoms with E-state index in [9.17, 15) is 10.1 Å². The van der Waals surface area contributed by atoms with Crippen molar-refractivity contribution in [2.24, 2.45) is 5.92 Å². The van der Waals surface area contributed by atoms with Crippen molar-refractivity contribution in [1.82, 2.24) is 15.2 Å². The molecule has 0 spiro atoms. The van der Waals surface area contributed by atoms with Gasteiger partial charge in [-0.05, 0) is 74.6 Å². The number of aromatic nitrogens is 1. The highest BCUT2D eigenvalue weighted by molar-refractivity contribution is 5.79. The van der Waals surface area contributed by atoms with Crippen LogP contribution in [0, 0.1) is 17.2 Å². The number of carbonyl (C=O) groups is 1. The van der Waals surface area contributed by atoms with E-state index in [-0.39, 0.29) is 30.2 Å². The van der Waals surface area contributed by atoms with Gasteiger partial charge in [0.15, 0.2) is 11.4 Å². The summed E-state index contributed by atoms with van der Waals surface area (Å²) < 4.78 is 11.6. The highest BCUT2D eigenvalue weighted by Crippen LogP contribution is 2.34. The van der Waals surface area contributed by atoms with Crippen molar-refractivity contribution in [2.45, 2.75) is 46.3 Å². The number of nitrogens with zero attached hydrogens (tertiary/aromatic N) is 3. The zero-order valence-corrected chi connectivity index (χ0v) is 20.4. The number of rotatable bonds is 8. The first kappa shape index (κ1) is 23.8. The van der Waals surface area contributed by atoms with Crippen LogP contribution in [-0.2, 0) is 17.8 Å². The van der Waals surface area contributed by atoms with Gasteiger partial charge < -0.3 is 14.8 Å². The molecule has 34 heavy (non-hydrogen) atoms. The average Bonchev–Trinajstić information content (AvgIpc) is 2.80. The minimum Gasteiger partial charge on any atom is -0.488 e. The molecule has 0 radical (unpaired) electrons. The number of aryl methyl sites for hydroxylation is 1. The quantitative estimate of drug-likeness (QED) is 0.646. The molecule has 7 nitrogen and oxygen atoms in total. The Morgan fingerprint density at radius 2 is 2.06 bits per heavy atom. The van der Waals surface area contributed by atoms with Crippen molar-refractivity contribution < 1.29 is 14.3 Å². The Kier molecular flexibility index (Phi) is 7.18. The number of hydrogen-bond donors (Lipinski definition) is 1. The lowest BCUT2D eigenvalue weighted by Gasteiger charge is -2.39. The Balaban J connectivity index is 1.38. The summed E-state index contributed by atoms with van der Waals surface area (Å²) >= 11 is 0. The number of allylic oxidation sites excluding steroid dienone is 1. The van der Waals surface area contributed by atoms with Crippen molar-refractivity contribution >= 4 is 11.5 Å². The van der Waals surface area contributed by atoms with E-state index in [2.05, 4.69) is 40.3 Å². The molecule has 0 bridgehead atoms. The summed E-state index contributed by atoms with van der Waals surface area (Å²) in [6.45, 7) is 8.92. The topological polar surface area (TPSA) is 87.5 Å². The van der Waals surface area contributed by atoms with Crippen molar-refractivity contribution in [2.75, 3.05) is 26.7 Å². The molecule has 7 heteroatoms. The van der Waals surface area contributed by atoms with Crippen LogP contribution in [-0.4, -0.2) is 48.6 Å². The largest absolute Gasteiger partial charge is 0.488 e. The van der Waals surface area contributed by atoms with Gasteiger partial charge in [-0.15, -0.1) is 0 Å². The van der Waals surface area contributed by atoms with E-state index < -0.39 is 0 Å². The lowest BCUT2D eigenvalue weighted by molar-refractivity contribution is -0.129. The number of nitriles is 1. The molecule has 178 valence electrons. The normalized spacial score (nSPS) is 16.0. The molecule has 2 heterocycles. The highest BCUT2D eigenvalue weighted by Gasteiger charge is 2.32. The van der Waals surface area contributed by atoms with E-state index in [0.717, 1.165) is 38.2 Å². The van der Waals surface area contributed by atoms with Crippen LogP contribution in [0.4, 0.5) is 0 Å². The summed E-state index contributed by atoms with van der Waals surface area (Å²) in [6.07, 6.45) is 1.98. The van der Waals surface area contributed by atoms with E-state index in [1.54, 1.807) is 13.1 Å². The summed E-state index contributed by atoms with van der Waals surface area (Å²) in [6, 6.07) is 12.0. The fraction of sp³-hybridized carbons (Fsp3) is 0.444. The van der Waals surface area contributed by atoms with E-state index in [4.69, 9.17) is 9.47 Å². The second-order valence-corrected chi connectivity index (χ2v) is 9.27. The highest BCUT2D eigenvalue weighted by atomic mass is 16.5. The standard InChI is InChI=1S/C27H32N4O3/c1-17(2)34-26-10-7-22(30-25(26)12-28)16-33-23-8-9-24-18(3)20(6-5-19(24)11-23)13-31-14-21(15-31)27(32)29-4/h7-11,17,21H,5-6,13-16H2,1-4H3,(H,29,32). The molecule has 0 atom stereocenters. The summed E-state index contributed by atoms with van der Waals surface area (Å²) in [5.41, 5.74) is 6.31. The van der Waals surface area contributed by atoms with Crippen LogP contribution in [0.2, 0.25) is 0 Å². The fourth-order valence-electron chi connectivity index (χ4n) is 4.59. The number of likely N-dealkylation sites (tertiary alicyclic amines) is 1. The molecule has 1 amide bonds. The monoisotopic (exact) mass is 460 g/mol. The molecule has 1 aliphatic heterocycles. The number of carbonyl (C=O) groups excluding carboxylic acids is 1. The summed E-state index contributed by atoms with van der Waals surface area (Å²) in [5.74, 6) is 1.56. The lowest BCUT2D eigenvalue weighted by Crippen LogP contribution is -2.53. The third-order valence-corrected chi connectivity index (χ3v) is 6.47. The van der Waals surface area contributed by atoms with Crippen molar-refractivity contribution in [3.8, 4) is 17.6 Å². The fourth-order valence-corrected chi connectivity index (χ4v) is 4.59. The van der Waals surface area contributed by atoms with Gasteiger partial charge >= 0.3 is 0 Å². The van der Waals surface area contributed by atoms with Crippen LogP contribution in [0.5, 0.6) is 11.5 Å². The maximum Gasteiger partial charge on any atom is 0.225 e. The summed E-state index contributed by atoms with van der Waals surface area (Å²) in [5, 5.41) is 12.1. The predicted molar refractivity (Wildman–Crippen MR) is 130 cm³/mol. The van der Waals surface area contributed by atoms with Crippen molar-refractivity contribution in [3.63, 3.8) is 0 Å². The second-order valence-electron chi connectivity index (χ2n) is 9.27. The third-order valence-electron chi connectivity index (χ3n) is 6.47. The van der Waals surface area contributed by atoms with Gasteiger partial charge in [-0.25, -0.2) is 4.98 Å². The molecule has 1 aromatic heterocycles. The number of ether oxygens (including phenoxy) is 2. The molecule has 4 rings (SSSR count). The molecule has 0 unspecified atom stereocenters. The Bertz CT molecular complexity index is 1140. The first-order chi connectivity index (χ1) is 16.4. The zero-order valence-electron chi connectivity index (χ0n) is 20.4. The van der Waals surface area contributed by atoms with Crippen LogP contribution in [0.3, 0.4) is 0 Å². The Morgan fingerprint density at radius 3 is 2.76 bits per heavy atom. The third kappa shape index (κ3) is 5.23. The van der Waals surface area contributed by atoms with E-state index in [1.165, 1.54) is 22.3 Å². The molecule has 0 saturated carbocycles. The van der Waals surface area contributed by atoms with Crippen molar-refractivity contribution in [3.05, 3.63) is 58.4 Å². The number of fused-ring (bicyclic) bond motifs is 1. The first-order valence-corrected chi connectivity index (χ1v) is 11.8. The number of pyridine rings is 1. The minimum absolute atomic E-state index is 0.0186. The molecule has 2 aromatic rings. The molecule has 1 aliphatic carbocycles. The van der Waals surface area contributed by atoms with Gasteiger partial charge in [-0.1, -0.05) is 11.6 Å². The number of benzene rings is 1. The van der Waals surface area contributed by atoms with Crippen LogP contribution < -0.4 is 14.8 Å². The number of hydrogen-bond acceptors (Lipinski definition) is 6. The SMILES string of the molecule is CNC(=O)C1CN(CC2=C(C)c3ccc(OCc4ccc(OC(C)C)c(C#N)n4)cc3CC2)C1. The van der Waals surface area contributed by atoms with Gasteiger partial charge in [-0.2, -0.15) is 5.26 Å². The summed E-state index contributed by atoms with van der Waals surface area (Å²) in [7, 11) is 1.70. The Hall–Kier alpha value is -3.37. The number of amides is 1. The molecule has 1 saturated heterocycles. The zero-order chi connectivity index (χ0) is 24.2. The minimum atomic E-state index is -0.0186. The van der Waals surface area contributed by atoms with Crippen LogP contribution in [0.25, 0.3) is 5.57 Å². The predicted octanol–water partition coefficient (Wildman–Crippen LogP) is 3.72. The summed E-state index contributed by atoms with van der Waals surface area (Å²) in [4.78, 5) is 18.5. The molecular weight excluding hydrogens is 428 g/mol. The molecule has 1 aromatic carbocycles. The van der Waals surface area contributed by atoms with Gasteiger partial charge in [0.1, 0.15) is 18.4 Å². The molecule has 1 fully saturated rings. The van der Waals surface area contributed by atoms with Gasteiger partial charge in [0.05, 0.1) is 17.7 Å². The molecular formula is C27H32N4O3. The van der Waals surface area contributed by atoms with E-state index in [0.29, 0.717) is 11.4 Å². The maximum atomic E-state index is 11.7. The second kappa shape index (κ2) is 10.3. The van der Waals surface area contributed by atoms with Gasteiger partial charge in [0.2, 0.25) is 5.91 Å². The van der Waals surface area contributed by atoms with Gasteiger partial charge in [0, 0.05) is 26.7 Å². The average molecular weight is 461 g/mol.